The first kappa shape index (κ1) is 25.6. The molecular weight excluding hydrogens is 477 g/mol. The second kappa shape index (κ2) is 11.5. The summed E-state index contributed by atoms with van der Waals surface area (Å²) in [5, 5.41) is 0. The molecule has 200 valence electrons. The van der Waals surface area contributed by atoms with Crippen molar-refractivity contribution in [2.45, 2.75) is 50.8 Å². The summed E-state index contributed by atoms with van der Waals surface area (Å²) < 4.78 is 32.2. The van der Waals surface area contributed by atoms with Crippen molar-refractivity contribution in [3.8, 4) is 11.5 Å². The molecule has 3 aromatic rings. The first-order chi connectivity index (χ1) is 18.1. The van der Waals surface area contributed by atoms with E-state index in [4.69, 9.17) is 19.9 Å². The van der Waals surface area contributed by atoms with Crippen LogP contribution in [0.3, 0.4) is 0 Å². The van der Waals surface area contributed by atoms with Gasteiger partial charge in [-0.15, -0.1) is 0 Å². The molecule has 0 saturated carbocycles. The van der Waals surface area contributed by atoms with Crippen molar-refractivity contribution in [3.63, 3.8) is 0 Å². The van der Waals surface area contributed by atoms with Crippen molar-refractivity contribution < 1.29 is 20.0 Å². The van der Waals surface area contributed by atoms with Crippen molar-refractivity contribution >= 4 is 11.0 Å². The van der Waals surface area contributed by atoms with Crippen molar-refractivity contribution in [2.24, 2.45) is 5.73 Å². The number of rotatable bonds is 6. The summed E-state index contributed by atoms with van der Waals surface area (Å²) in [7, 11) is 1.78. The summed E-state index contributed by atoms with van der Waals surface area (Å²) in [5.74, 6) is 1.23. The lowest BCUT2D eigenvalue weighted by Crippen LogP contribution is -2.39. The zero-order valence-electron chi connectivity index (χ0n) is 21.2. The number of piperidine rings is 1. The maximum atomic E-state index is 14.4. The predicted molar refractivity (Wildman–Crippen MR) is 140 cm³/mol. The Hall–Kier alpha value is -3.08. The quantitative estimate of drug-likeness (QED) is 0.536. The molecule has 0 aromatic carbocycles. The molecule has 1 unspecified atom stereocenters. The van der Waals surface area contributed by atoms with Crippen LogP contribution in [0.5, 0.6) is 11.5 Å². The minimum Gasteiger partial charge on any atom is -0.486 e. The fourth-order valence-electron chi connectivity index (χ4n) is 5.45. The molecule has 0 amide bonds. The van der Waals surface area contributed by atoms with Crippen LogP contribution >= 0.6 is 0 Å². The summed E-state index contributed by atoms with van der Waals surface area (Å²) in [6.07, 6.45) is 7.45. The van der Waals surface area contributed by atoms with E-state index in [1.54, 1.807) is 23.9 Å². The van der Waals surface area contributed by atoms with Crippen LogP contribution in [0.2, 0.25) is 0 Å². The minimum atomic E-state index is -0.285. The molecule has 0 aliphatic carbocycles. The van der Waals surface area contributed by atoms with Crippen LogP contribution in [0.25, 0.3) is 11.0 Å². The Morgan fingerprint density at radius 1 is 1.19 bits per heavy atom. The highest BCUT2D eigenvalue weighted by Gasteiger charge is 2.29. The highest BCUT2D eigenvalue weighted by atomic mass is 19.1. The molecule has 1 fully saturated rings. The van der Waals surface area contributed by atoms with E-state index < -0.39 is 0 Å². The Morgan fingerprint density at radius 2 is 2.03 bits per heavy atom. The highest BCUT2D eigenvalue weighted by molar-refractivity contribution is 5.80. The van der Waals surface area contributed by atoms with E-state index in [0.29, 0.717) is 54.8 Å². The van der Waals surface area contributed by atoms with Crippen molar-refractivity contribution in [2.75, 3.05) is 40.0 Å². The van der Waals surface area contributed by atoms with Crippen LogP contribution < -0.4 is 20.8 Å². The zero-order valence-corrected chi connectivity index (χ0v) is 21.2. The number of hydrogen-bond donors (Lipinski definition) is 1. The number of ether oxygens (including phenoxy) is 3. The molecule has 6 rings (SSSR count). The lowest BCUT2D eigenvalue weighted by molar-refractivity contribution is 0.0307. The molecule has 10 heteroatoms. The van der Waals surface area contributed by atoms with E-state index in [1.807, 2.05) is 6.07 Å². The van der Waals surface area contributed by atoms with Gasteiger partial charge >= 0.3 is 0 Å². The van der Waals surface area contributed by atoms with Gasteiger partial charge in [0.2, 0.25) is 0 Å². The van der Waals surface area contributed by atoms with Gasteiger partial charge < -0.3 is 29.4 Å². The van der Waals surface area contributed by atoms with E-state index in [1.165, 1.54) is 18.7 Å². The predicted octanol–water partition coefficient (Wildman–Crippen LogP) is 3.08. The number of fused-ring (bicyclic) bond motifs is 1. The van der Waals surface area contributed by atoms with Crippen LogP contribution in [-0.4, -0.2) is 65.5 Å². The first-order valence-corrected chi connectivity index (χ1v) is 12.9. The molecule has 6 heterocycles. The smallest absolute Gasteiger partial charge is 0.251 e. The number of nitrogens with zero attached hydrogens (tertiary/aromatic N) is 4. The fourth-order valence-corrected chi connectivity index (χ4v) is 5.45. The molecule has 3 aromatic heterocycles. The van der Waals surface area contributed by atoms with Crippen LogP contribution in [0.4, 0.5) is 4.39 Å². The number of pyridine rings is 3. The molecular formula is C27H36FN5O4. The first-order valence-electron chi connectivity index (χ1n) is 12.9. The SMILES string of the molecule is CO[C@H]1CCCN(CCCC2Cn3c(=O)ccc4ncc(F)c2c43)C1.NCc1cc2c(cn1)OCCO2.[HH]. The van der Waals surface area contributed by atoms with Gasteiger partial charge in [-0.25, -0.2) is 4.39 Å². The maximum absolute atomic E-state index is 14.4. The third-order valence-electron chi connectivity index (χ3n) is 7.32. The van der Waals surface area contributed by atoms with Gasteiger partial charge in [0.25, 0.3) is 5.56 Å². The second-order valence-electron chi connectivity index (χ2n) is 9.70. The van der Waals surface area contributed by atoms with Gasteiger partial charge in [-0.1, -0.05) is 0 Å². The van der Waals surface area contributed by atoms with Crippen molar-refractivity contribution in [3.05, 3.63) is 58.0 Å². The third kappa shape index (κ3) is 5.61. The molecule has 3 aliphatic rings. The molecule has 37 heavy (non-hydrogen) atoms. The summed E-state index contributed by atoms with van der Waals surface area (Å²) >= 11 is 0. The topological polar surface area (TPSA) is 105 Å². The van der Waals surface area contributed by atoms with E-state index in [0.717, 1.165) is 50.3 Å². The summed E-state index contributed by atoms with van der Waals surface area (Å²) in [6, 6.07) is 5.03. The molecule has 2 N–H and O–H groups in total. The number of halogens is 1. The van der Waals surface area contributed by atoms with Gasteiger partial charge in [0.15, 0.2) is 11.5 Å². The van der Waals surface area contributed by atoms with Gasteiger partial charge in [-0.05, 0) is 44.8 Å². The maximum Gasteiger partial charge on any atom is 0.251 e. The van der Waals surface area contributed by atoms with E-state index in [2.05, 4.69) is 14.9 Å². The lowest BCUT2D eigenvalue weighted by atomic mass is 9.95. The van der Waals surface area contributed by atoms with Gasteiger partial charge in [-0.2, -0.15) is 0 Å². The van der Waals surface area contributed by atoms with Crippen LogP contribution in [0.15, 0.2) is 35.4 Å². The molecule has 0 radical (unpaired) electrons. The Morgan fingerprint density at radius 3 is 2.84 bits per heavy atom. The summed E-state index contributed by atoms with van der Waals surface area (Å²) in [6.45, 7) is 5.27. The largest absolute Gasteiger partial charge is 0.486 e. The lowest BCUT2D eigenvalue weighted by Gasteiger charge is -2.32. The number of methoxy groups -OCH3 is 1. The summed E-state index contributed by atoms with van der Waals surface area (Å²) in [5.41, 5.74) is 8.25. The van der Waals surface area contributed by atoms with Gasteiger partial charge in [0.1, 0.15) is 19.0 Å². The number of nitrogens with two attached hydrogens (primary N) is 1. The Kier molecular flexibility index (Phi) is 7.97. The van der Waals surface area contributed by atoms with Gasteiger partial charge in [-0.3, -0.25) is 14.8 Å². The van der Waals surface area contributed by atoms with Crippen molar-refractivity contribution in [1.82, 2.24) is 19.4 Å². The van der Waals surface area contributed by atoms with Crippen LogP contribution in [0, 0.1) is 5.82 Å². The number of aromatic nitrogens is 3. The van der Waals surface area contributed by atoms with E-state index in [-0.39, 0.29) is 18.7 Å². The van der Waals surface area contributed by atoms with Gasteiger partial charge in [0.05, 0.1) is 35.2 Å². The normalized spacial score (nSPS) is 20.5. The second-order valence-corrected chi connectivity index (χ2v) is 9.70. The molecule has 0 spiro atoms. The standard InChI is InChI=1S/C19H24FN3O2.C8H10N2O2.H2/c1-25-14-5-3-9-22(12-14)8-2-4-13-11-23-17(24)7-6-16-19(23)18(13)15(20)10-21-16;9-4-6-3-7-8(5-10-6)12-2-1-11-7;/h6-7,10,13-14H,2-5,8-9,11-12H2,1H3;3,5H,1-2,4,9H2;1H/t13?,14-;;/m0../s1. The molecule has 0 bridgehead atoms. The Balaban J connectivity index is 0.000000218. The minimum absolute atomic E-state index is 0. The average molecular weight is 514 g/mol. The monoisotopic (exact) mass is 513 g/mol. The van der Waals surface area contributed by atoms with Gasteiger partial charge in [0, 0.05) is 51.8 Å². The molecule has 1 saturated heterocycles. The van der Waals surface area contributed by atoms with Crippen LogP contribution in [-0.2, 0) is 17.8 Å². The number of likely N-dealkylation sites (tertiary alicyclic amines) is 1. The average Bonchev–Trinajstić information content (AvgIpc) is 3.34. The zero-order chi connectivity index (χ0) is 25.8. The molecule has 2 atom stereocenters. The van der Waals surface area contributed by atoms with Crippen molar-refractivity contribution in [1.29, 1.82) is 0 Å². The molecule has 9 nitrogen and oxygen atoms in total. The summed E-state index contributed by atoms with van der Waals surface area (Å²) in [4.78, 5) is 22.8. The van der Waals surface area contributed by atoms with E-state index in [9.17, 15) is 9.18 Å². The van der Waals surface area contributed by atoms with Crippen LogP contribution in [0.1, 0.15) is 44.3 Å². The fraction of sp³-hybridized carbons (Fsp3) is 0.519. The highest BCUT2D eigenvalue weighted by Crippen LogP contribution is 2.36. The Labute approximate surface area is 216 Å². The third-order valence-corrected chi connectivity index (χ3v) is 7.32. The molecule has 3 aliphatic heterocycles. The number of hydrogen-bond acceptors (Lipinski definition) is 8. The van der Waals surface area contributed by atoms with E-state index >= 15 is 0 Å². The Bertz CT molecular complexity index is 1310.